The van der Waals surface area contributed by atoms with Crippen LogP contribution in [0.2, 0.25) is 0 Å². The Morgan fingerprint density at radius 3 is 1.69 bits per heavy atom. The maximum absolute atomic E-state index is 6.46. The van der Waals surface area contributed by atoms with Gasteiger partial charge in [0.15, 0.2) is 0 Å². The average molecular weight is 987 g/mol. The Bertz CT molecular complexity index is 4390. The molecule has 77 heavy (non-hydrogen) atoms. The summed E-state index contributed by atoms with van der Waals surface area (Å²) in [5.41, 5.74) is 24.1. The molecule has 4 aliphatic carbocycles. The molecule has 0 N–H and O–H groups in total. The van der Waals surface area contributed by atoms with E-state index in [1.165, 1.54) is 77.7 Å². The van der Waals surface area contributed by atoms with E-state index in [1.54, 1.807) is 0 Å². The molecule has 0 radical (unpaired) electrons. The molecule has 2 heterocycles. The first-order valence-corrected chi connectivity index (χ1v) is 27.0. The molecule has 1 atom stereocenters. The second-order valence-corrected chi connectivity index (χ2v) is 21.0. The molecule has 1 spiro atoms. The molecule has 4 aliphatic rings. The molecule has 12 aromatic rings. The summed E-state index contributed by atoms with van der Waals surface area (Å²) in [6.45, 7) is 0. The van der Waals surface area contributed by atoms with Crippen LogP contribution in [-0.2, 0) is 11.8 Å². The molecule has 0 amide bonds. The van der Waals surface area contributed by atoms with E-state index in [9.17, 15) is 0 Å². The van der Waals surface area contributed by atoms with Crippen molar-refractivity contribution in [3.63, 3.8) is 0 Å². The van der Waals surface area contributed by atoms with E-state index < -0.39 is 5.41 Å². The molecule has 0 fully saturated rings. The van der Waals surface area contributed by atoms with Crippen LogP contribution in [0.5, 0.6) is 0 Å². The van der Waals surface area contributed by atoms with Crippen LogP contribution in [0.3, 0.4) is 0 Å². The number of rotatable bonds is 8. The van der Waals surface area contributed by atoms with Crippen molar-refractivity contribution in [1.29, 1.82) is 0 Å². The highest BCUT2D eigenvalue weighted by Crippen LogP contribution is 2.64. The fourth-order valence-electron chi connectivity index (χ4n) is 13.4. The van der Waals surface area contributed by atoms with E-state index in [0.29, 0.717) is 0 Å². The first-order chi connectivity index (χ1) is 38.2. The largest absolute Gasteiger partial charge is 0.456 e. The molecule has 4 nitrogen and oxygen atoms in total. The van der Waals surface area contributed by atoms with Crippen LogP contribution in [0, 0.1) is 0 Å². The van der Waals surface area contributed by atoms with Gasteiger partial charge in [0.25, 0.3) is 0 Å². The van der Waals surface area contributed by atoms with Gasteiger partial charge < -0.3 is 18.6 Å². The molecule has 0 saturated heterocycles. The van der Waals surface area contributed by atoms with Gasteiger partial charge in [-0.2, -0.15) is 0 Å². The second-order valence-electron chi connectivity index (χ2n) is 21.0. The Morgan fingerprint density at radius 1 is 0.403 bits per heavy atom. The number of benzene rings is 10. The fourth-order valence-corrected chi connectivity index (χ4v) is 13.4. The van der Waals surface area contributed by atoms with E-state index in [2.05, 4.69) is 265 Å². The number of hydrogen-bond acceptors (Lipinski definition) is 4. The number of allylic oxidation sites excluding steroid dienone is 3. The van der Waals surface area contributed by atoms with E-state index in [4.69, 9.17) is 8.83 Å². The highest BCUT2D eigenvalue weighted by molar-refractivity contribution is 6.06. The number of fused-ring (bicyclic) bond motifs is 16. The van der Waals surface area contributed by atoms with Gasteiger partial charge in [0, 0.05) is 50.2 Å². The maximum atomic E-state index is 6.46. The van der Waals surface area contributed by atoms with Crippen LogP contribution in [-0.4, -0.2) is 6.04 Å². The summed E-state index contributed by atoms with van der Waals surface area (Å²) in [5, 5.41) is 3.40. The molecule has 364 valence electrons. The normalized spacial score (nSPS) is 15.3. The van der Waals surface area contributed by atoms with E-state index in [-0.39, 0.29) is 6.04 Å². The van der Waals surface area contributed by atoms with Gasteiger partial charge >= 0.3 is 0 Å². The highest BCUT2D eigenvalue weighted by Gasteiger charge is 2.52. The van der Waals surface area contributed by atoms with E-state index in [1.807, 2.05) is 6.07 Å². The summed E-state index contributed by atoms with van der Waals surface area (Å²) in [6.07, 6.45) is 14.3. The number of hydrogen-bond donors (Lipinski definition) is 0. The monoisotopic (exact) mass is 986 g/mol. The summed E-state index contributed by atoms with van der Waals surface area (Å²) in [5.74, 6) is 0.970. The third-order valence-electron chi connectivity index (χ3n) is 16.9. The Morgan fingerprint density at radius 2 is 0.948 bits per heavy atom. The minimum Gasteiger partial charge on any atom is -0.456 e. The van der Waals surface area contributed by atoms with Crippen molar-refractivity contribution in [2.75, 3.05) is 9.80 Å². The van der Waals surface area contributed by atoms with Crippen LogP contribution < -0.4 is 9.80 Å². The van der Waals surface area contributed by atoms with Crippen LogP contribution in [0.4, 0.5) is 28.4 Å². The van der Waals surface area contributed by atoms with Crippen LogP contribution >= 0.6 is 0 Å². The molecular formula is C73H50N2O2. The molecule has 16 rings (SSSR count). The lowest BCUT2D eigenvalue weighted by atomic mass is 9.70. The molecule has 10 aromatic carbocycles. The molecule has 4 heteroatoms. The van der Waals surface area contributed by atoms with Crippen molar-refractivity contribution in [2.24, 2.45) is 0 Å². The third kappa shape index (κ3) is 6.71. The van der Waals surface area contributed by atoms with Crippen molar-refractivity contribution >= 4 is 73.0 Å². The van der Waals surface area contributed by atoms with Crippen molar-refractivity contribution in [2.45, 2.75) is 30.7 Å². The summed E-state index contributed by atoms with van der Waals surface area (Å²) >= 11 is 0. The first-order valence-electron chi connectivity index (χ1n) is 27.0. The molecule has 0 saturated carbocycles. The summed E-state index contributed by atoms with van der Waals surface area (Å²) in [6, 6.07) is 85.1. The quantitative estimate of drug-likeness (QED) is 0.152. The summed E-state index contributed by atoms with van der Waals surface area (Å²) in [4.78, 5) is 5.00. The molecule has 1 unspecified atom stereocenters. The Labute approximate surface area is 447 Å². The predicted molar refractivity (Wildman–Crippen MR) is 318 cm³/mol. The zero-order valence-corrected chi connectivity index (χ0v) is 42.2. The van der Waals surface area contributed by atoms with Gasteiger partial charge in [-0.25, -0.2) is 0 Å². The number of nitrogens with zero attached hydrogens (tertiary/aromatic N) is 2. The van der Waals surface area contributed by atoms with Crippen molar-refractivity contribution in [3.05, 3.63) is 294 Å². The Balaban J connectivity index is 0.915. The lowest BCUT2D eigenvalue weighted by Gasteiger charge is -2.34. The van der Waals surface area contributed by atoms with Gasteiger partial charge in [0.1, 0.15) is 22.5 Å². The predicted octanol–water partition coefficient (Wildman–Crippen LogP) is 19.3. The van der Waals surface area contributed by atoms with Crippen LogP contribution in [0.1, 0.15) is 52.0 Å². The summed E-state index contributed by atoms with van der Waals surface area (Å²) < 4.78 is 12.9. The first kappa shape index (κ1) is 43.7. The van der Waals surface area contributed by atoms with Crippen molar-refractivity contribution in [1.82, 2.24) is 0 Å². The number of furan rings is 2. The van der Waals surface area contributed by atoms with Crippen molar-refractivity contribution in [3.8, 4) is 33.4 Å². The van der Waals surface area contributed by atoms with Gasteiger partial charge in [0.05, 0.1) is 11.5 Å². The van der Waals surface area contributed by atoms with Gasteiger partial charge in [0.2, 0.25) is 0 Å². The number of para-hydroxylation sites is 1. The SMILES string of the molecule is C1=Cc2oc3ccc(N(c4ccc(-c5ccccc5)cc4)c4ccc5c(c4)-c4cc(N(c6ccc7oc8ccccc8c7c6)C6C=CC(c7ccccc7)=CC6)ccc4C54c5ccccc5-c5ccccc54)cc3c2CC1. The van der Waals surface area contributed by atoms with Gasteiger partial charge in [-0.05, 0) is 171 Å². The molecule has 0 aliphatic heterocycles. The minimum absolute atomic E-state index is 0.0404. The Hall–Kier alpha value is -9.64. The molecule has 0 bridgehead atoms. The van der Waals surface area contributed by atoms with Gasteiger partial charge in [-0.15, -0.1) is 0 Å². The average Bonchev–Trinajstić information content (AvgIpc) is 4.28. The van der Waals surface area contributed by atoms with Gasteiger partial charge in [-0.3, -0.25) is 0 Å². The standard InChI is InChI=1S/C73H50N2O2/c1-3-15-47(16-4-1)49-27-31-51(32-28-49)74(55-37-41-71-63(45-55)59-21-9-13-25-69(59)76-71)53-35-39-67-61(43-53)62-44-54(36-40-68(62)73(67)65-23-11-7-19-57(65)58-20-8-12-24-66(58)73)75(52-33-29-50(30-34-52)48-17-5-2-6-18-48)56-38-42-72-64(46-56)60-22-10-14-26-70(60)77-72/h1-9,11-21,23-31,33-46,51H,10,22,32H2. The van der Waals surface area contributed by atoms with Crippen molar-refractivity contribution < 1.29 is 8.83 Å². The molecule has 2 aromatic heterocycles. The third-order valence-corrected chi connectivity index (χ3v) is 16.9. The molecular weight excluding hydrogens is 937 g/mol. The van der Waals surface area contributed by atoms with Crippen LogP contribution in [0.15, 0.2) is 264 Å². The lowest BCUT2D eigenvalue weighted by molar-refractivity contribution is 0.595. The number of anilines is 5. The zero-order valence-electron chi connectivity index (χ0n) is 42.2. The highest BCUT2D eigenvalue weighted by atomic mass is 16.3. The minimum atomic E-state index is -0.531. The maximum Gasteiger partial charge on any atom is 0.135 e. The number of aryl methyl sites for hydroxylation is 1. The smallest absolute Gasteiger partial charge is 0.135 e. The zero-order chi connectivity index (χ0) is 50.6. The fraction of sp³-hybridized carbons (Fsp3) is 0.0685. The summed E-state index contributed by atoms with van der Waals surface area (Å²) in [7, 11) is 0. The van der Waals surface area contributed by atoms with E-state index in [0.717, 1.165) is 81.0 Å². The Kier molecular flexibility index (Phi) is 9.77. The lowest BCUT2D eigenvalue weighted by Crippen LogP contribution is -2.30. The van der Waals surface area contributed by atoms with E-state index >= 15 is 0 Å². The topological polar surface area (TPSA) is 32.8 Å². The van der Waals surface area contributed by atoms with Gasteiger partial charge in [-0.1, -0.05) is 176 Å². The second kappa shape index (κ2) is 17.2. The van der Waals surface area contributed by atoms with Crippen LogP contribution in [0.25, 0.3) is 77.9 Å².